The van der Waals surface area contributed by atoms with E-state index in [9.17, 15) is 35.9 Å². The van der Waals surface area contributed by atoms with Crippen LogP contribution in [0.4, 0.5) is 17.6 Å². The molecule has 0 amide bonds. The summed E-state index contributed by atoms with van der Waals surface area (Å²) < 4.78 is 84.6. The number of carbonyl (C=O) groups is 1. The second-order valence-electron chi connectivity index (χ2n) is 6.75. The number of halogens is 4. The number of hydrogen-bond acceptors (Lipinski definition) is 6. The summed E-state index contributed by atoms with van der Waals surface area (Å²) in [6.45, 7) is -1.21. The number of aliphatic carboxylic acids is 1. The number of sulfone groups is 1. The van der Waals surface area contributed by atoms with Crippen LogP contribution < -0.4 is 9.84 Å². The van der Waals surface area contributed by atoms with Gasteiger partial charge in [0.15, 0.2) is 27.1 Å². The van der Waals surface area contributed by atoms with Crippen LogP contribution in [-0.4, -0.2) is 37.5 Å². The van der Waals surface area contributed by atoms with Gasteiger partial charge in [0.2, 0.25) is 0 Å². The Morgan fingerprint density at radius 3 is 2.19 bits per heavy atom. The van der Waals surface area contributed by atoms with E-state index >= 15 is 0 Å². The van der Waals surface area contributed by atoms with Crippen LogP contribution in [0.2, 0.25) is 0 Å². The lowest BCUT2D eigenvalue weighted by molar-refractivity contribution is -0.306. The van der Waals surface area contributed by atoms with Gasteiger partial charge in [0.05, 0.1) is 24.5 Å². The highest BCUT2D eigenvalue weighted by molar-refractivity contribution is 7.90. The highest BCUT2D eigenvalue weighted by Gasteiger charge is 2.40. The average Bonchev–Trinajstić information content (AvgIpc) is 3.06. The maximum atomic E-state index is 14.3. The maximum absolute atomic E-state index is 14.3. The van der Waals surface area contributed by atoms with Crippen LogP contribution in [0, 0.1) is 5.82 Å². The van der Waals surface area contributed by atoms with Gasteiger partial charge in [-0.3, -0.25) is 4.68 Å². The van der Waals surface area contributed by atoms with Crippen molar-refractivity contribution in [3.63, 3.8) is 0 Å². The first kappa shape index (κ1) is 23.3. The predicted molar refractivity (Wildman–Crippen MR) is 103 cm³/mol. The second kappa shape index (κ2) is 8.26. The van der Waals surface area contributed by atoms with Crippen molar-refractivity contribution in [3.05, 3.63) is 54.0 Å². The van der Waals surface area contributed by atoms with E-state index in [2.05, 4.69) is 5.10 Å². The van der Waals surface area contributed by atoms with Crippen molar-refractivity contribution < 1.29 is 40.6 Å². The SMILES string of the molecule is COc1ccc(-c2c(-c3ccc(S(C)(=O)=O)cc3)nn(CC(=O)[O-])c2C(F)(F)F)cc1F. The summed E-state index contributed by atoms with van der Waals surface area (Å²) >= 11 is 0. The zero-order valence-electron chi connectivity index (χ0n) is 16.6. The number of methoxy groups -OCH3 is 1. The largest absolute Gasteiger partial charge is 0.548 e. The van der Waals surface area contributed by atoms with Crippen molar-refractivity contribution in [1.82, 2.24) is 9.78 Å². The summed E-state index contributed by atoms with van der Waals surface area (Å²) in [5.41, 5.74) is -2.49. The molecule has 7 nitrogen and oxygen atoms in total. The molecule has 0 aliphatic heterocycles. The Labute approximate surface area is 179 Å². The van der Waals surface area contributed by atoms with Gasteiger partial charge in [-0.05, 0) is 29.8 Å². The Morgan fingerprint density at radius 1 is 1.12 bits per heavy atom. The molecule has 0 unspecified atom stereocenters. The summed E-state index contributed by atoms with van der Waals surface area (Å²) in [4.78, 5) is 11.0. The van der Waals surface area contributed by atoms with Gasteiger partial charge in [0.25, 0.3) is 0 Å². The van der Waals surface area contributed by atoms with Crippen molar-refractivity contribution in [1.29, 1.82) is 0 Å². The molecule has 3 rings (SSSR count). The number of carboxylic acid groups (broad SMARTS) is 1. The van der Waals surface area contributed by atoms with Gasteiger partial charge in [-0.15, -0.1) is 0 Å². The van der Waals surface area contributed by atoms with Gasteiger partial charge < -0.3 is 14.6 Å². The van der Waals surface area contributed by atoms with E-state index in [1.54, 1.807) is 0 Å². The van der Waals surface area contributed by atoms with Crippen LogP contribution in [0.1, 0.15) is 5.69 Å². The third-order valence-electron chi connectivity index (χ3n) is 4.50. The minimum atomic E-state index is -5.06. The monoisotopic (exact) mass is 471 g/mol. The summed E-state index contributed by atoms with van der Waals surface area (Å²) in [6, 6.07) is 7.91. The number of ether oxygens (including phenoxy) is 1. The fourth-order valence-electron chi connectivity index (χ4n) is 3.14. The first-order valence-electron chi connectivity index (χ1n) is 8.85. The van der Waals surface area contributed by atoms with E-state index in [0.29, 0.717) is 0 Å². The average molecular weight is 471 g/mol. The molecule has 12 heteroatoms. The lowest BCUT2D eigenvalue weighted by Crippen LogP contribution is -2.30. The molecule has 3 aromatic rings. The normalized spacial score (nSPS) is 12.1. The molecule has 0 aliphatic rings. The topological polar surface area (TPSA) is 101 Å². The first-order valence-corrected chi connectivity index (χ1v) is 10.7. The summed E-state index contributed by atoms with van der Waals surface area (Å²) in [5.74, 6) is -2.96. The number of benzene rings is 2. The minimum Gasteiger partial charge on any atom is -0.548 e. The van der Waals surface area contributed by atoms with Gasteiger partial charge in [-0.2, -0.15) is 18.3 Å². The Morgan fingerprint density at radius 2 is 1.72 bits per heavy atom. The number of rotatable bonds is 6. The van der Waals surface area contributed by atoms with Crippen molar-refractivity contribution in [2.45, 2.75) is 17.6 Å². The van der Waals surface area contributed by atoms with E-state index in [4.69, 9.17) is 4.74 Å². The van der Waals surface area contributed by atoms with Crippen LogP contribution in [0.25, 0.3) is 22.4 Å². The Bertz CT molecular complexity index is 1280. The maximum Gasteiger partial charge on any atom is 0.433 e. The number of aromatic nitrogens is 2. The van der Waals surface area contributed by atoms with Gasteiger partial charge in [0, 0.05) is 17.4 Å². The third-order valence-corrected chi connectivity index (χ3v) is 5.62. The second-order valence-corrected chi connectivity index (χ2v) is 8.76. The van der Waals surface area contributed by atoms with E-state index in [-0.39, 0.29) is 32.1 Å². The van der Waals surface area contributed by atoms with E-state index in [1.807, 2.05) is 0 Å². The molecule has 0 radical (unpaired) electrons. The molecule has 0 atom stereocenters. The number of carboxylic acids is 1. The standard InChI is InChI=1S/C20H16F4N2O5S/c1-31-15-8-5-12(9-14(15)21)17-18(11-3-6-13(7-4-11)32(2,29)30)25-26(10-16(27)28)19(17)20(22,23)24/h3-9H,10H2,1-2H3,(H,27,28)/p-1. The van der Waals surface area contributed by atoms with Gasteiger partial charge in [-0.25, -0.2) is 12.8 Å². The fourth-order valence-corrected chi connectivity index (χ4v) is 3.77. The minimum absolute atomic E-state index is 0.0613. The zero-order chi connectivity index (χ0) is 23.8. The van der Waals surface area contributed by atoms with Crippen molar-refractivity contribution in [3.8, 4) is 28.1 Å². The molecule has 2 aromatic carbocycles. The number of alkyl halides is 3. The molecular formula is C20H15F4N2O5S-. The Hall–Kier alpha value is -3.41. The van der Waals surface area contributed by atoms with Crippen molar-refractivity contribution in [2.75, 3.05) is 13.4 Å². The van der Waals surface area contributed by atoms with Crippen molar-refractivity contribution >= 4 is 15.8 Å². The molecule has 170 valence electrons. The highest BCUT2D eigenvalue weighted by Crippen LogP contribution is 2.43. The molecule has 1 aromatic heterocycles. The van der Waals surface area contributed by atoms with Crippen LogP contribution in [0.5, 0.6) is 5.75 Å². The van der Waals surface area contributed by atoms with Crippen LogP contribution in [0.15, 0.2) is 47.4 Å². The summed E-state index contributed by atoms with van der Waals surface area (Å²) in [6.07, 6.45) is -4.09. The highest BCUT2D eigenvalue weighted by atomic mass is 32.2. The quantitative estimate of drug-likeness (QED) is 0.512. The lowest BCUT2D eigenvalue weighted by Gasteiger charge is -2.14. The molecular weight excluding hydrogens is 456 g/mol. The molecule has 0 bridgehead atoms. The number of hydrogen-bond donors (Lipinski definition) is 0. The lowest BCUT2D eigenvalue weighted by atomic mass is 9.98. The molecule has 0 aliphatic carbocycles. The third kappa shape index (κ3) is 4.59. The molecule has 0 saturated heterocycles. The molecule has 1 heterocycles. The molecule has 0 N–H and O–H groups in total. The fraction of sp³-hybridized carbons (Fsp3) is 0.200. The van der Waals surface area contributed by atoms with E-state index < -0.39 is 45.6 Å². The van der Waals surface area contributed by atoms with Gasteiger partial charge >= 0.3 is 6.18 Å². The van der Waals surface area contributed by atoms with E-state index in [0.717, 1.165) is 18.4 Å². The molecule has 0 saturated carbocycles. The van der Waals surface area contributed by atoms with E-state index in [1.165, 1.54) is 37.4 Å². The van der Waals surface area contributed by atoms with Crippen LogP contribution in [-0.2, 0) is 27.4 Å². The summed E-state index contributed by atoms with van der Waals surface area (Å²) in [7, 11) is -2.39. The van der Waals surface area contributed by atoms with Crippen LogP contribution in [0.3, 0.4) is 0 Å². The zero-order valence-corrected chi connectivity index (χ0v) is 17.4. The smallest absolute Gasteiger partial charge is 0.433 e. The predicted octanol–water partition coefficient (Wildman–Crippen LogP) is 2.54. The summed E-state index contributed by atoms with van der Waals surface area (Å²) in [5, 5.41) is 14.9. The van der Waals surface area contributed by atoms with Crippen LogP contribution >= 0.6 is 0 Å². The van der Waals surface area contributed by atoms with Gasteiger partial charge in [-0.1, -0.05) is 18.2 Å². The molecule has 0 fully saturated rings. The molecule has 0 spiro atoms. The Kier molecular flexibility index (Phi) is 6.00. The first-order chi connectivity index (χ1) is 14.8. The number of nitrogens with zero attached hydrogens (tertiary/aromatic N) is 2. The van der Waals surface area contributed by atoms with Crippen molar-refractivity contribution in [2.24, 2.45) is 0 Å². The molecule has 32 heavy (non-hydrogen) atoms. The number of carbonyl (C=O) groups excluding carboxylic acids is 1. The Balaban J connectivity index is 2.34. The van der Waals surface area contributed by atoms with Gasteiger partial charge in [0.1, 0.15) is 5.69 Å².